The van der Waals surface area contributed by atoms with Gasteiger partial charge in [0.15, 0.2) is 0 Å². The number of aromatic nitrogens is 2. The van der Waals surface area contributed by atoms with E-state index in [9.17, 15) is 4.79 Å². The van der Waals surface area contributed by atoms with Gasteiger partial charge in [0, 0.05) is 24.5 Å². The van der Waals surface area contributed by atoms with Gasteiger partial charge in [-0.3, -0.25) is 9.48 Å². The van der Waals surface area contributed by atoms with Gasteiger partial charge in [0.05, 0.1) is 11.9 Å². The van der Waals surface area contributed by atoms with Crippen molar-refractivity contribution in [2.24, 2.45) is 7.05 Å². The Morgan fingerprint density at radius 2 is 2.28 bits per heavy atom. The Morgan fingerprint density at radius 1 is 1.44 bits per heavy atom. The van der Waals surface area contributed by atoms with Crippen LogP contribution in [0.25, 0.3) is 0 Å². The van der Waals surface area contributed by atoms with E-state index in [1.807, 2.05) is 38.4 Å². The van der Waals surface area contributed by atoms with Gasteiger partial charge >= 0.3 is 0 Å². The second kappa shape index (κ2) is 3.87. The fourth-order valence-electron chi connectivity index (χ4n) is 2.24. The first-order valence-corrected chi connectivity index (χ1v) is 5.81. The average molecular weight is 242 g/mol. The zero-order valence-corrected chi connectivity index (χ0v) is 10.3. The summed E-state index contributed by atoms with van der Waals surface area (Å²) in [6, 6.07) is 5.58. The number of carbonyl (C=O) groups excluding carboxylic acids is 1. The van der Waals surface area contributed by atoms with Gasteiger partial charge in [-0.25, -0.2) is 0 Å². The second-order valence-corrected chi connectivity index (χ2v) is 4.51. The summed E-state index contributed by atoms with van der Waals surface area (Å²) in [7, 11) is 1.85. The van der Waals surface area contributed by atoms with Crippen molar-refractivity contribution in [2.75, 3.05) is 10.6 Å². The smallest absolute Gasteiger partial charge is 0.251 e. The first-order chi connectivity index (χ1) is 8.65. The van der Waals surface area contributed by atoms with Crippen LogP contribution >= 0.6 is 0 Å². The molecule has 0 fully saturated rings. The lowest BCUT2D eigenvalue weighted by Crippen LogP contribution is -2.19. The third-order valence-corrected chi connectivity index (χ3v) is 3.14. The molecule has 0 aliphatic carbocycles. The lowest BCUT2D eigenvalue weighted by molar-refractivity contribution is -0.116. The predicted octanol–water partition coefficient (Wildman–Crippen LogP) is 1.83. The number of amides is 1. The van der Waals surface area contributed by atoms with E-state index in [2.05, 4.69) is 15.7 Å². The molecule has 3 rings (SSSR count). The summed E-state index contributed by atoms with van der Waals surface area (Å²) in [4.78, 5) is 12.0. The fourth-order valence-corrected chi connectivity index (χ4v) is 2.24. The summed E-state index contributed by atoms with van der Waals surface area (Å²) < 4.78 is 1.70. The number of aryl methyl sites for hydroxylation is 2. The van der Waals surface area contributed by atoms with Crippen LogP contribution in [0.1, 0.15) is 17.2 Å². The maximum atomic E-state index is 12.0. The summed E-state index contributed by atoms with van der Waals surface area (Å²) >= 11 is 0. The molecule has 0 spiro atoms. The molecule has 1 aromatic heterocycles. The summed E-state index contributed by atoms with van der Waals surface area (Å²) in [5.74, 6) is -0.0249. The predicted molar refractivity (Wildman–Crippen MR) is 69.4 cm³/mol. The lowest BCUT2D eigenvalue weighted by Gasteiger charge is -2.10. The molecule has 1 aromatic carbocycles. The maximum absolute atomic E-state index is 12.0. The van der Waals surface area contributed by atoms with Crippen molar-refractivity contribution >= 4 is 17.3 Å². The van der Waals surface area contributed by atoms with Crippen molar-refractivity contribution in [3.05, 3.63) is 41.7 Å². The van der Waals surface area contributed by atoms with E-state index in [4.69, 9.17) is 0 Å². The SMILES string of the molecule is Cc1cccc2c1NC(=O)C2Nc1cnn(C)c1. The molecule has 5 nitrogen and oxygen atoms in total. The van der Waals surface area contributed by atoms with Gasteiger partial charge in [0.1, 0.15) is 6.04 Å². The largest absolute Gasteiger partial charge is 0.367 e. The Morgan fingerprint density at radius 3 is 3.00 bits per heavy atom. The number of para-hydroxylation sites is 1. The molecule has 0 saturated carbocycles. The first-order valence-electron chi connectivity index (χ1n) is 5.81. The molecule has 5 heteroatoms. The number of anilines is 2. The van der Waals surface area contributed by atoms with Crippen molar-refractivity contribution < 1.29 is 4.79 Å². The van der Waals surface area contributed by atoms with E-state index in [0.717, 1.165) is 22.5 Å². The maximum Gasteiger partial charge on any atom is 0.251 e. The van der Waals surface area contributed by atoms with Gasteiger partial charge < -0.3 is 10.6 Å². The molecule has 1 unspecified atom stereocenters. The van der Waals surface area contributed by atoms with Crippen LogP contribution in [0.2, 0.25) is 0 Å². The molecule has 1 amide bonds. The molecule has 0 bridgehead atoms. The molecule has 1 atom stereocenters. The molecule has 2 aromatic rings. The molecule has 2 heterocycles. The third-order valence-electron chi connectivity index (χ3n) is 3.14. The van der Waals surface area contributed by atoms with E-state index in [0.29, 0.717) is 0 Å². The van der Waals surface area contributed by atoms with Crippen LogP contribution in [0, 0.1) is 6.92 Å². The molecule has 1 aliphatic rings. The summed E-state index contributed by atoms with van der Waals surface area (Å²) in [5.41, 5.74) is 3.83. The van der Waals surface area contributed by atoms with Gasteiger partial charge in [-0.1, -0.05) is 18.2 Å². The van der Waals surface area contributed by atoms with Crippen molar-refractivity contribution in [1.82, 2.24) is 9.78 Å². The monoisotopic (exact) mass is 242 g/mol. The highest BCUT2D eigenvalue weighted by atomic mass is 16.2. The minimum atomic E-state index is -0.343. The Balaban J connectivity index is 1.95. The van der Waals surface area contributed by atoms with Gasteiger partial charge in [-0.05, 0) is 12.5 Å². The first kappa shape index (κ1) is 10.8. The van der Waals surface area contributed by atoms with Crippen LogP contribution in [-0.2, 0) is 11.8 Å². The Hall–Kier alpha value is -2.30. The number of hydrogen-bond donors (Lipinski definition) is 2. The molecule has 0 saturated heterocycles. The van der Waals surface area contributed by atoms with Crippen LogP contribution < -0.4 is 10.6 Å². The van der Waals surface area contributed by atoms with Crippen LogP contribution in [0.5, 0.6) is 0 Å². The van der Waals surface area contributed by atoms with Gasteiger partial charge in [-0.15, -0.1) is 0 Å². The second-order valence-electron chi connectivity index (χ2n) is 4.51. The van der Waals surface area contributed by atoms with Crippen LogP contribution in [-0.4, -0.2) is 15.7 Å². The van der Waals surface area contributed by atoms with Crippen LogP contribution in [0.15, 0.2) is 30.6 Å². The number of nitrogens with one attached hydrogen (secondary N) is 2. The molecule has 1 aliphatic heterocycles. The standard InChI is InChI=1S/C13H14N4O/c1-8-4-3-5-10-11(8)16-13(18)12(10)15-9-6-14-17(2)7-9/h3-7,12,15H,1-2H3,(H,16,18). The number of rotatable bonds is 2. The van der Waals surface area contributed by atoms with Crippen LogP contribution in [0.3, 0.4) is 0 Å². The molecule has 0 radical (unpaired) electrons. The highest BCUT2D eigenvalue weighted by molar-refractivity contribution is 6.04. The highest BCUT2D eigenvalue weighted by Gasteiger charge is 2.31. The van der Waals surface area contributed by atoms with Gasteiger partial charge in [0.2, 0.25) is 0 Å². The van der Waals surface area contributed by atoms with Crippen molar-refractivity contribution in [3.63, 3.8) is 0 Å². The summed E-state index contributed by atoms with van der Waals surface area (Å²) in [5, 5.41) is 10.2. The van der Waals surface area contributed by atoms with Crippen molar-refractivity contribution in [2.45, 2.75) is 13.0 Å². The van der Waals surface area contributed by atoms with E-state index >= 15 is 0 Å². The molecular formula is C13H14N4O. The van der Waals surface area contributed by atoms with Crippen molar-refractivity contribution in [3.8, 4) is 0 Å². The third kappa shape index (κ3) is 1.64. The molecule has 92 valence electrons. The number of carbonyl (C=O) groups is 1. The minimum absolute atomic E-state index is 0.0249. The van der Waals surface area contributed by atoms with Crippen molar-refractivity contribution in [1.29, 1.82) is 0 Å². The summed E-state index contributed by atoms with van der Waals surface area (Å²) in [6.45, 7) is 1.99. The Bertz CT molecular complexity index is 617. The number of hydrogen-bond acceptors (Lipinski definition) is 3. The quantitative estimate of drug-likeness (QED) is 0.844. The van der Waals surface area contributed by atoms with E-state index < -0.39 is 0 Å². The van der Waals surface area contributed by atoms with Gasteiger partial charge in [0.25, 0.3) is 5.91 Å². The Kier molecular flexibility index (Phi) is 2.33. The lowest BCUT2D eigenvalue weighted by atomic mass is 10.1. The molecular weight excluding hydrogens is 228 g/mol. The fraction of sp³-hybridized carbons (Fsp3) is 0.231. The van der Waals surface area contributed by atoms with Gasteiger partial charge in [-0.2, -0.15) is 5.10 Å². The summed E-state index contributed by atoms with van der Waals surface area (Å²) in [6.07, 6.45) is 3.56. The van der Waals surface area contributed by atoms with Crippen LogP contribution in [0.4, 0.5) is 11.4 Å². The minimum Gasteiger partial charge on any atom is -0.367 e. The normalized spacial score (nSPS) is 17.4. The number of benzene rings is 1. The van der Waals surface area contributed by atoms with E-state index in [-0.39, 0.29) is 11.9 Å². The van der Waals surface area contributed by atoms with E-state index in [1.54, 1.807) is 10.9 Å². The number of fused-ring (bicyclic) bond motifs is 1. The number of nitrogens with zero attached hydrogens (tertiary/aromatic N) is 2. The Labute approximate surface area is 105 Å². The molecule has 18 heavy (non-hydrogen) atoms. The highest BCUT2D eigenvalue weighted by Crippen LogP contribution is 2.35. The topological polar surface area (TPSA) is 59.0 Å². The zero-order valence-electron chi connectivity index (χ0n) is 10.3. The molecule has 2 N–H and O–H groups in total. The van der Waals surface area contributed by atoms with E-state index in [1.165, 1.54) is 0 Å². The average Bonchev–Trinajstić information content (AvgIpc) is 2.87. The zero-order chi connectivity index (χ0) is 12.7.